The summed E-state index contributed by atoms with van der Waals surface area (Å²) in [7, 11) is 0. The van der Waals surface area contributed by atoms with Gasteiger partial charge in [0.1, 0.15) is 5.75 Å². The minimum Gasteiger partial charge on any atom is -0.508 e. The van der Waals surface area contributed by atoms with Gasteiger partial charge in [-0.05, 0) is 19.4 Å². The highest BCUT2D eigenvalue weighted by molar-refractivity contribution is 5.38. The van der Waals surface area contributed by atoms with Gasteiger partial charge in [-0.15, -0.1) is 0 Å². The molecule has 0 spiro atoms. The standard InChI is InChI=1S/C14H21FN2O/c1-11-2-3-14(18)12(10-11)13(4-5-15)17-8-6-16-7-9-17/h2-3,10,13,16,18H,4-9H2,1H3/t13-/m1/s1. The van der Waals surface area contributed by atoms with Crippen LogP contribution in [-0.4, -0.2) is 42.9 Å². The molecule has 1 heterocycles. The predicted molar refractivity (Wildman–Crippen MR) is 70.6 cm³/mol. The number of piperazine rings is 1. The summed E-state index contributed by atoms with van der Waals surface area (Å²) in [5, 5.41) is 13.3. The van der Waals surface area contributed by atoms with E-state index in [9.17, 15) is 9.50 Å². The van der Waals surface area contributed by atoms with E-state index in [0.717, 1.165) is 37.3 Å². The lowest BCUT2D eigenvalue weighted by Crippen LogP contribution is -2.45. The van der Waals surface area contributed by atoms with Crippen LogP contribution in [0.2, 0.25) is 0 Å². The smallest absolute Gasteiger partial charge is 0.120 e. The van der Waals surface area contributed by atoms with E-state index in [1.165, 1.54) is 0 Å². The third kappa shape index (κ3) is 3.00. The van der Waals surface area contributed by atoms with Crippen molar-refractivity contribution in [3.8, 4) is 5.75 Å². The Hall–Kier alpha value is -1.13. The molecule has 1 aliphatic heterocycles. The first-order chi connectivity index (χ1) is 8.72. The number of alkyl halides is 1. The van der Waals surface area contributed by atoms with Crippen molar-refractivity contribution in [1.82, 2.24) is 10.2 Å². The molecule has 0 aliphatic carbocycles. The van der Waals surface area contributed by atoms with Gasteiger partial charge in [0.05, 0.1) is 6.67 Å². The number of halogens is 1. The lowest BCUT2D eigenvalue weighted by atomic mass is 9.98. The highest BCUT2D eigenvalue weighted by atomic mass is 19.1. The maximum atomic E-state index is 12.8. The van der Waals surface area contributed by atoms with Crippen LogP contribution < -0.4 is 5.32 Å². The molecule has 0 saturated carbocycles. The van der Waals surface area contributed by atoms with E-state index in [-0.39, 0.29) is 18.5 Å². The molecule has 0 aromatic heterocycles. The van der Waals surface area contributed by atoms with E-state index in [0.29, 0.717) is 6.42 Å². The second-order valence-corrected chi connectivity index (χ2v) is 4.84. The number of hydrogen-bond acceptors (Lipinski definition) is 3. The fourth-order valence-corrected chi connectivity index (χ4v) is 2.57. The van der Waals surface area contributed by atoms with Crippen molar-refractivity contribution in [1.29, 1.82) is 0 Å². The summed E-state index contributed by atoms with van der Waals surface area (Å²) < 4.78 is 12.8. The minimum atomic E-state index is -0.359. The molecule has 0 amide bonds. The number of nitrogens with one attached hydrogen (secondary N) is 1. The summed E-state index contributed by atoms with van der Waals surface area (Å²) in [6.07, 6.45) is 0.441. The summed E-state index contributed by atoms with van der Waals surface area (Å²) in [6, 6.07) is 5.54. The number of benzene rings is 1. The molecule has 100 valence electrons. The number of phenolic OH excluding ortho intramolecular Hbond substituents is 1. The van der Waals surface area contributed by atoms with E-state index in [4.69, 9.17) is 0 Å². The molecular formula is C14H21FN2O. The number of rotatable bonds is 4. The lowest BCUT2D eigenvalue weighted by Gasteiger charge is -2.35. The van der Waals surface area contributed by atoms with Crippen molar-refractivity contribution in [3.05, 3.63) is 29.3 Å². The second kappa shape index (κ2) is 6.16. The van der Waals surface area contributed by atoms with Gasteiger partial charge in [0.2, 0.25) is 0 Å². The van der Waals surface area contributed by atoms with E-state index in [1.807, 2.05) is 19.1 Å². The average molecular weight is 252 g/mol. The molecule has 0 unspecified atom stereocenters. The van der Waals surface area contributed by atoms with Crippen molar-refractivity contribution in [2.75, 3.05) is 32.9 Å². The molecule has 1 atom stereocenters. The minimum absolute atomic E-state index is 0.0167. The zero-order valence-corrected chi connectivity index (χ0v) is 10.8. The average Bonchev–Trinajstić information content (AvgIpc) is 2.40. The monoisotopic (exact) mass is 252 g/mol. The first kappa shape index (κ1) is 13.3. The number of aryl methyl sites for hydroxylation is 1. The Morgan fingerprint density at radius 1 is 1.39 bits per heavy atom. The summed E-state index contributed by atoms with van der Waals surface area (Å²) in [4.78, 5) is 2.25. The van der Waals surface area contributed by atoms with Gasteiger partial charge in [0, 0.05) is 37.8 Å². The lowest BCUT2D eigenvalue weighted by molar-refractivity contribution is 0.155. The normalized spacial score (nSPS) is 18.8. The van der Waals surface area contributed by atoms with Crippen LogP contribution in [0.3, 0.4) is 0 Å². The second-order valence-electron chi connectivity index (χ2n) is 4.84. The summed E-state index contributed by atoms with van der Waals surface area (Å²) in [5.74, 6) is 0.276. The Labute approximate surface area is 108 Å². The first-order valence-corrected chi connectivity index (χ1v) is 6.52. The first-order valence-electron chi connectivity index (χ1n) is 6.52. The van der Waals surface area contributed by atoms with Gasteiger partial charge in [-0.2, -0.15) is 0 Å². The van der Waals surface area contributed by atoms with Crippen LogP contribution in [0.1, 0.15) is 23.6 Å². The highest BCUT2D eigenvalue weighted by Gasteiger charge is 2.24. The highest BCUT2D eigenvalue weighted by Crippen LogP contribution is 2.32. The zero-order valence-electron chi connectivity index (χ0n) is 10.8. The molecule has 0 bridgehead atoms. The predicted octanol–water partition coefficient (Wildman–Crippen LogP) is 2.01. The number of aromatic hydroxyl groups is 1. The van der Waals surface area contributed by atoms with Crippen molar-refractivity contribution in [3.63, 3.8) is 0 Å². The molecule has 18 heavy (non-hydrogen) atoms. The van der Waals surface area contributed by atoms with Gasteiger partial charge < -0.3 is 10.4 Å². The maximum Gasteiger partial charge on any atom is 0.120 e. The Kier molecular flexibility index (Phi) is 4.55. The Morgan fingerprint density at radius 2 is 2.11 bits per heavy atom. The van der Waals surface area contributed by atoms with E-state index >= 15 is 0 Å². The maximum absolute atomic E-state index is 12.8. The fourth-order valence-electron chi connectivity index (χ4n) is 2.57. The van der Waals surface area contributed by atoms with Gasteiger partial charge in [-0.1, -0.05) is 17.7 Å². The summed E-state index contributed by atoms with van der Waals surface area (Å²) in [5.41, 5.74) is 1.95. The van der Waals surface area contributed by atoms with Gasteiger partial charge in [-0.25, -0.2) is 0 Å². The van der Waals surface area contributed by atoms with Gasteiger partial charge in [0.25, 0.3) is 0 Å². The molecule has 1 aromatic carbocycles. The topological polar surface area (TPSA) is 35.5 Å². The SMILES string of the molecule is Cc1ccc(O)c([C@@H](CCF)N2CCNCC2)c1. The van der Waals surface area contributed by atoms with Crippen LogP contribution in [-0.2, 0) is 0 Å². The molecule has 2 N–H and O–H groups in total. The Balaban J connectivity index is 2.24. The number of hydrogen-bond donors (Lipinski definition) is 2. The number of phenols is 1. The Morgan fingerprint density at radius 3 is 2.78 bits per heavy atom. The van der Waals surface area contributed by atoms with Crippen LogP contribution in [0.5, 0.6) is 5.75 Å². The van der Waals surface area contributed by atoms with Gasteiger partial charge >= 0.3 is 0 Å². The number of nitrogens with zero attached hydrogens (tertiary/aromatic N) is 1. The zero-order chi connectivity index (χ0) is 13.0. The van der Waals surface area contributed by atoms with E-state index < -0.39 is 0 Å². The molecule has 1 aliphatic rings. The van der Waals surface area contributed by atoms with Crippen LogP contribution in [0.4, 0.5) is 4.39 Å². The third-order valence-electron chi connectivity index (χ3n) is 3.52. The fraction of sp³-hybridized carbons (Fsp3) is 0.571. The van der Waals surface area contributed by atoms with Crippen LogP contribution >= 0.6 is 0 Å². The van der Waals surface area contributed by atoms with E-state index in [1.54, 1.807) is 6.07 Å². The molecule has 2 rings (SSSR count). The molecule has 1 fully saturated rings. The van der Waals surface area contributed by atoms with Crippen molar-refractivity contribution in [2.45, 2.75) is 19.4 Å². The quantitative estimate of drug-likeness (QED) is 0.860. The molecule has 0 radical (unpaired) electrons. The van der Waals surface area contributed by atoms with Crippen molar-refractivity contribution >= 4 is 0 Å². The van der Waals surface area contributed by atoms with Gasteiger partial charge in [-0.3, -0.25) is 9.29 Å². The van der Waals surface area contributed by atoms with Crippen LogP contribution in [0.15, 0.2) is 18.2 Å². The third-order valence-corrected chi connectivity index (χ3v) is 3.52. The molecule has 4 heteroatoms. The van der Waals surface area contributed by atoms with Gasteiger partial charge in [0.15, 0.2) is 0 Å². The van der Waals surface area contributed by atoms with E-state index in [2.05, 4.69) is 10.2 Å². The van der Waals surface area contributed by atoms with Crippen LogP contribution in [0.25, 0.3) is 0 Å². The van der Waals surface area contributed by atoms with Crippen molar-refractivity contribution in [2.24, 2.45) is 0 Å². The molecule has 1 saturated heterocycles. The Bertz CT molecular complexity index is 391. The van der Waals surface area contributed by atoms with Crippen molar-refractivity contribution < 1.29 is 9.50 Å². The largest absolute Gasteiger partial charge is 0.508 e. The molecular weight excluding hydrogens is 231 g/mol. The molecule has 1 aromatic rings. The summed E-state index contributed by atoms with van der Waals surface area (Å²) in [6.45, 7) is 5.29. The van der Waals surface area contributed by atoms with Crippen LogP contribution in [0, 0.1) is 6.92 Å². The molecule has 3 nitrogen and oxygen atoms in total. The summed E-state index contributed by atoms with van der Waals surface area (Å²) >= 11 is 0.